The summed E-state index contributed by atoms with van der Waals surface area (Å²) in [6.07, 6.45) is 3.07. The summed E-state index contributed by atoms with van der Waals surface area (Å²) in [5.74, 6) is -0.183. The molecule has 0 aromatic heterocycles. The van der Waals surface area contributed by atoms with Crippen LogP contribution in [0.15, 0.2) is 59.5 Å². The van der Waals surface area contributed by atoms with Gasteiger partial charge in [-0.15, -0.1) is 0 Å². The molecule has 0 radical (unpaired) electrons. The second kappa shape index (κ2) is 8.44. The summed E-state index contributed by atoms with van der Waals surface area (Å²) in [4.78, 5) is 14.3. The first-order chi connectivity index (χ1) is 12.9. The van der Waals surface area contributed by atoms with Crippen LogP contribution in [0.4, 0.5) is 0 Å². The number of carbonyl (C=O) groups is 1. The molecule has 8 heteroatoms. The Morgan fingerprint density at radius 3 is 2.26 bits per heavy atom. The Bertz CT molecular complexity index is 954. The second-order valence-electron chi connectivity index (χ2n) is 6.04. The lowest BCUT2D eigenvalue weighted by molar-refractivity contribution is -0.127. The Balaban J connectivity index is 1.62. The SMILES string of the molecule is O=C(/C=C/c1ccc(Cl)cc1Cl)N1CCN(S(=O)(=O)c2ccccc2)CC1. The van der Waals surface area contributed by atoms with E-state index in [0.717, 1.165) is 0 Å². The summed E-state index contributed by atoms with van der Waals surface area (Å²) < 4.78 is 26.7. The van der Waals surface area contributed by atoms with Gasteiger partial charge >= 0.3 is 0 Å². The number of amides is 1. The van der Waals surface area contributed by atoms with E-state index in [2.05, 4.69) is 0 Å². The smallest absolute Gasteiger partial charge is 0.246 e. The fraction of sp³-hybridized carbons (Fsp3) is 0.211. The van der Waals surface area contributed by atoms with Gasteiger partial charge in [0, 0.05) is 42.3 Å². The molecule has 1 saturated heterocycles. The average molecular weight is 425 g/mol. The van der Waals surface area contributed by atoms with Crippen molar-refractivity contribution >= 4 is 45.2 Å². The Morgan fingerprint density at radius 1 is 0.963 bits per heavy atom. The maximum atomic E-state index is 12.6. The highest BCUT2D eigenvalue weighted by molar-refractivity contribution is 7.89. The van der Waals surface area contributed by atoms with Gasteiger partial charge in [-0.2, -0.15) is 4.31 Å². The van der Waals surface area contributed by atoms with Crippen molar-refractivity contribution in [3.8, 4) is 0 Å². The average Bonchev–Trinajstić information content (AvgIpc) is 2.68. The van der Waals surface area contributed by atoms with Gasteiger partial charge in [0.05, 0.1) is 4.90 Å². The van der Waals surface area contributed by atoms with E-state index in [1.54, 1.807) is 59.5 Å². The van der Waals surface area contributed by atoms with Crippen LogP contribution in [0.25, 0.3) is 6.08 Å². The summed E-state index contributed by atoms with van der Waals surface area (Å²) in [5, 5.41) is 0.990. The third-order valence-electron chi connectivity index (χ3n) is 4.30. The lowest BCUT2D eigenvalue weighted by Gasteiger charge is -2.33. The van der Waals surface area contributed by atoms with E-state index in [-0.39, 0.29) is 23.9 Å². The van der Waals surface area contributed by atoms with Crippen molar-refractivity contribution in [1.29, 1.82) is 0 Å². The van der Waals surface area contributed by atoms with Crippen molar-refractivity contribution in [3.63, 3.8) is 0 Å². The Labute approximate surface area is 168 Å². The van der Waals surface area contributed by atoms with Crippen molar-refractivity contribution < 1.29 is 13.2 Å². The van der Waals surface area contributed by atoms with Crippen LogP contribution in [-0.4, -0.2) is 49.7 Å². The zero-order chi connectivity index (χ0) is 19.4. The van der Waals surface area contributed by atoms with Crippen LogP contribution in [-0.2, 0) is 14.8 Å². The van der Waals surface area contributed by atoms with Crippen LogP contribution in [0.2, 0.25) is 10.0 Å². The number of halogens is 2. The zero-order valence-corrected chi connectivity index (χ0v) is 16.7. The number of hydrogen-bond acceptors (Lipinski definition) is 3. The number of piperazine rings is 1. The largest absolute Gasteiger partial charge is 0.337 e. The van der Waals surface area contributed by atoms with Crippen molar-refractivity contribution in [2.24, 2.45) is 0 Å². The molecule has 5 nitrogen and oxygen atoms in total. The van der Waals surface area contributed by atoms with Crippen molar-refractivity contribution in [3.05, 3.63) is 70.2 Å². The molecule has 0 unspecified atom stereocenters. The predicted molar refractivity (Wildman–Crippen MR) is 107 cm³/mol. The molecule has 1 aliphatic rings. The monoisotopic (exact) mass is 424 g/mol. The Hall–Kier alpha value is -1.86. The number of hydrogen-bond donors (Lipinski definition) is 0. The first kappa shape index (κ1) is 19.9. The van der Waals surface area contributed by atoms with Crippen molar-refractivity contribution in [2.75, 3.05) is 26.2 Å². The Morgan fingerprint density at radius 2 is 1.63 bits per heavy atom. The minimum atomic E-state index is -3.53. The number of carbonyl (C=O) groups excluding carboxylic acids is 1. The Kier molecular flexibility index (Phi) is 6.22. The van der Waals surface area contributed by atoms with Crippen molar-refractivity contribution in [2.45, 2.75) is 4.90 Å². The fourth-order valence-corrected chi connectivity index (χ4v) is 4.71. The molecule has 0 atom stereocenters. The lowest BCUT2D eigenvalue weighted by Crippen LogP contribution is -2.50. The van der Waals surface area contributed by atoms with Crippen LogP contribution in [0.5, 0.6) is 0 Å². The van der Waals surface area contributed by atoms with Crippen LogP contribution < -0.4 is 0 Å². The van der Waals surface area contributed by atoms with Gasteiger partial charge in [-0.05, 0) is 35.9 Å². The van der Waals surface area contributed by atoms with Crippen LogP contribution in [0.3, 0.4) is 0 Å². The molecular formula is C19H18Cl2N2O3S. The van der Waals surface area contributed by atoms with Gasteiger partial charge < -0.3 is 4.90 Å². The van der Waals surface area contributed by atoms with E-state index in [4.69, 9.17) is 23.2 Å². The summed E-state index contributed by atoms with van der Waals surface area (Å²) in [5.41, 5.74) is 0.694. The third-order valence-corrected chi connectivity index (χ3v) is 6.77. The molecule has 1 fully saturated rings. The topological polar surface area (TPSA) is 57.7 Å². The van der Waals surface area contributed by atoms with E-state index in [1.165, 1.54) is 10.4 Å². The number of sulfonamides is 1. The molecule has 142 valence electrons. The van der Waals surface area contributed by atoms with E-state index in [1.807, 2.05) is 0 Å². The summed E-state index contributed by atoms with van der Waals surface area (Å²) in [6.45, 7) is 1.20. The molecule has 0 aliphatic carbocycles. The molecule has 0 spiro atoms. The van der Waals surface area contributed by atoms with Crippen LogP contribution >= 0.6 is 23.2 Å². The van der Waals surface area contributed by atoms with E-state index >= 15 is 0 Å². The maximum Gasteiger partial charge on any atom is 0.246 e. The molecule has 0 saturated carbocycles. The minimum absolute atomic E-state index is 0.183. The highest BCUT2D eigenvalue weighted by Crippen LogP contribution is 2.22. The summed E-state index contributed by atoms with van der Waals surface area (Å²) in [6, 6.07) is 13.4. The van der Waals surface area contributed by atoms with Crippen LogP contribution in [0, 0.1) is 0 Å². The minimum Gasteiger partial charge on any atom is -0.337 e. The maximum absolute atomic E-state index is 12.6. The van der Waals surface area contributed by atoms with E-state index < -0.39 is 10.0 Å². The van der Waals surface area contributed by atoms with Gasteiger partial charge in [0.15, 0.2) is 0 Å². The molecule has 0 N–H and O–H groups in total. The van der Waals surface area contributed by atoms with Gasteiger partial charge in [-0.25, -0.2) is 8.42 Å². The van der Waals surface area contributed by atoms with Gasteiger partial charge in [0.1, 0.15) is 0 Å². The first-order valence-electron chi connectivity index (χ1n) is 8.35. The van der Waals surface area contributed by atoms with Gasteiger partial charge in [-0.1, -0.05) is 47.5 Å². The van der Waals surface area contributed by atoms with Crippen LogP contribution in [0.1, 0.15) is 5.56 Å². The predicted octanol–water partition coefficient (Wildman–Crippen LogP) is 3.54. The highest BCUT2D eigenvalue weighted by atomic mass is 35.5. The molecule has 2 aromatic carbocycles. The molecule has 0 bridgehead atoms. The fourth-order valence-electron chi connectivity index (χ4n) is 2.79. The summed E-state index contributed by atoms with van der Waals surface area (Å²) in [7, 11) is -3.53. The standard InChI is InChI=1S/C19H18Cl2N2O3S/c20-16-8-6-15(18(21)14-16)7-9-19(24)22-10-12-23(13-11-22)27(25,26)17-4-2-1-3-5-17/h1-9,14H,10-13H2/b9-7+. The third kappa shape index (κ3) is 4.71. The second-order valence-corrected chi connectivity index (χ2v) is 8.82. The highest BCUT2D eigenvalue weighted by Gasteiger charge is 2.29. The molecule has 1 heterocycles. The number of benzene rings is 2. The van der Waals surface area contributed by atoms with Crippen molar-refractivity contribution in [1.82, 2.24) is 9.21 Å². The van der Waals surface area contributed by atoms with E-state index in [0.29, 0.717) is 28.7 Å². The first-order valence-corrected chi connectivity index (χ1v) is 10.5. The molecule has 1 aliphatic heterocycles. The molecule has 3 rings (SSSR count). The molecular weight excluding hydrogens is 407 g/mol. The quantitative estimate of drug-likeness (QED) is 0.705. The molecule has 1 amide bonds. The zero-order valence-electron chi connectivity index (χ0n) is 14.4. The van der Waals surface area contributed by atoms with Gasteiger partial charge in [-0.3, -0.25) is 4.79 Å². The molecule has 2 aromatic rings. The number of rotatable bonds is 4. The molecule has 27 heavy (non-hydrogen) atoms. The van der Waals surface area contributed by atoms with Gasteiger partial charge in [0.25, 0.3) is 0 Å². The number of nitrogens with zero attached hydrogens (tertiary/aromatic N) is 2. The normalized spacial score (nSPS) is 16.0. The van der Waals surface area contributed by atoms with Gasteiger partial charge in [0.2, 0.25) is 15.9 Å². The van der Waals surface area contributed by atoms with E-state index in [9.17, 15) is 13.2 Å². The summed E-state index contributed by atoms with van der Waals surface area (Å²) >= 11 is 12.0. The lowest BCUT2D eigenvalue weighted by atomic mass is 10.2.